The number of piperidine rings is 1. The number of hydrogen-bond donors (Lipinski definition) is 2. The first-order chi connectivity index (χ1) is 8.27. The van der Waals surface area contributed by atoms with Gasteiger partial charge in [0.25, 0.3) is 0 Å². The average Bonchev–Trinajstić information content (AvgIpc) is 2.64. The monoisotopic (exact) mass is 268 g/mol. The van der Waals surface area contributed by atoms with Crippen molar-refractivity contribution in [2.24, 2.45) is 11.1 Å². The van der Waals surface area contributed by atoms with E-state index in [0.717, 1.165) is 25.3 Å². The number of hydrogen-bond acceptors (Lipinski definition) is 3. The highest BCUT2D eigenvalue weighted by atomic mass is 35.5. The Hall–Kier alpha value is -0.770. The minimum Gasteiger partial charge on any atom is -0.496 e. The van der Waals surface area contributed by atoms with E-state index < -0.39 is 0 Å². The van der Waals surface area contributed by atoms with Crippen LogP contribution in [0.2, 0.25) is 0 Å². The molecule has 1 fully saturated rings. The van der Waals surface area contributed by atoms with Crippen LogP contribution in [-0.4, -0.2) is 20.2 Å². The Kier molecular flexibility index (Phi) is 3.85. The van der Waals surface area contributed by atoms with E-state index in [9.17, 15) is 0 Å². The van der Waals surface area contributed by atoms with Gasteiger partial charge in [0.05, 0.1) is 7.11 Å². The van der Waals surface area contributed by atoms with Gasteiger partial charge in [0.2, 0.25) is 0 Å². The lowest BCUT2D eigenvalue weighted by molar-refractivity contribution is 0.172. The molecule has 1 unspecified atom stereocenters. The zero-order valence-corrected chi connectivity index (χ0v) is 11.6. The van der Waals surface area contributed by atoms with Gasteiger partial charge in [-0.3, -0.25) is 0 Å². The van der Waals surface area contributed by atoms with Gasteiger partial charge in [-0.25, -0.2) is 0 Å². The number of methoxy groups -OCH3 is 1. The van der Waals surface area contributed by atoms with Crippen molar-refractivity contribution in [2.45, 2.75) is 25.3 Å². The molecule has 1 saturated heterocycles. The smallest absolute Gasteiger partial charge is 0.123 e. The van der Waals surface area contributed by atoms with Gasteiger partial charge in [-0.2, -0.15) is 0 Å². The van der Waals surface area contributed by atoms with Crippen LogP contribution in [0, 0.1) is 5.41 Å². The van der Waals surface area contributed by atoms with Crippen molar-refractivity contribution in [1.82, 2.24) is 5.32 Å². The topological polar surface area (TPSA) is 47.3 Å². The number of benzene rings is 1. The summed E-state index contributed by atoms with van der Waals surface area (Å²) in [7, 11) is 1.73. The fourth-order valence-corrected chi connectivity index (χ4v) is 3.48. The van der Waals surface area contributed by atoms with Crippen LogP contribution in [0.15, 0.2) is 18.2 Å². The maximum Gasteiger partial charge on any atom is 0.123 e. The van der Waals surface area contributed by atoms with E-state index in [1.807, 2.05) is 6.07 Å². The Morgan fingerprint density at radius 3 is 2.72 bits per heavy atom. The highest BCUT2D eigenvalue weighted by molar-refractivity contribution is 5.85. The first-order valence-electron chi connectivity index (χ1n) is 6.39. The molecule has 3 nitrogen and oxygen atoms in total. The van der Waals surface area contributed by atoms with E-state index in [4.69, 9.17) is 10.5 Å². The molecule has 1 atom stereocenters. The van der Waals surface area contributed by atoms with Crippen molar-refractivity contribution in [1.29, 1.82) is 0 Å². The molecule has 0 saturated carbocycles. The molecule has 100 valence electrons. The summed E-state index contributed by atoms with van der Waals surface area (Å²) < 4.78 is 5.47. The van der Waals surface area contributed by atoms with E-state index in [-0.39, 0.29) is 23.9 Å². The third-order valence-electron chi connectivity index (χ3n) is 4.49. The van der Waals surface area contributed by atoms with Crippen molar-refractivity contribution in [3.05, 3.63) is 29.3 Å². The molecular formula is C14H21ClN2O. The summed E-state index contributed by atoms with van der Waals surface area (Å²) in [4.78, 5) is 0. The Morgan fingerprint density at radius 1 is 1.33 bits per heavy atom. The first-order valence-corrected chi connectivity index (χ1v) is 6.39. The lowest BCUT2D eigenvalue weighted by atomic mass is 9.73. The van der Waals surface area contributed by atoms with E-state index in [1.54, 1.807) is 7.11 Å². The number of halogens is 1. The lowest BCUT2D eigenvalue weighted by Crippen LogP contribution is -2.42. The maximum atomic E-state index is 6.52. The van der Waals surface area contributed by atoms with E-state index in [2.05, 4.69) is 17.4 Å². The molecule has 1 aromatic rings. The Labute approximate surface area is 114 Å². The highest BCUT2D eigenvalue weighted by Crippen LogP contribution is 2.52. The Balaban J connectivity index is 0.00000120. The van der Waals surface area contributed by atoms with Crippen molar-refractivity contribution in [3.63, 3.8) is 0 Å². The second-order valence-electron chi connectivity index (χ2n) is 5.30. The largest absolute Gasteiger partial charge is 0.496 e. The van der Waals surface area contributed by atoms with E-state index in [0.29, 0.717) is 0 Å². The fraction of sp³-hybridized carbons (Fsp3) is 0.571. The summed E-state index contributed by atoms with van der Waals surface area (Å²) in [5.41, 5.74) is 9.43. The minimum absolute atomic E-state index is 0. The van der Waals surface area contributed by atoms with Gasteiger partial charge in [-0.05, 0) is 49.4 Å². The Morgan fingerprint density at radius 2 is 2.06 bits per heavy atom. The van der Waals surface area contributed by atoms with Crippen LogP contribution >= 0.6 is 12.4 Å². The van der Waals surface area contributed by atoms with Crippen LogP contribution in [-0.2, 0) is 6.42 Å². The minimum atomic E-state index is 0. The van der Waals surface area contributed by atoms with Crippen molar-refractivity contribution >= 4 is 12.4 Å². The first kappa shape index (κ1) is 13.7. The van der Waals surface area contributed by atoms with Crippen molar-refractivity contribution in [3.8, 4) is 5.75 Å². The number of ether oxygens (including phenoxy) is 1. The average molecular weight is 269 g/mol. The van der Waals surface area contributed by atoms with Crippen LogP contribution in [0.4, 0.5) is 0 Å². The summed E-state index contributed by atoms with van der Waals surface area (Å²) in [6.07, 6.45) is 3.46. The van der Waals surface area contributed by atoms with E-state index in [1.165, 1.54) is 24.0 Å². The van der Waals surface area contributed by atoms with Crippen LogP contribution in [0.3, 0.4) is 0 Å². The van der Waals surface area contributed by atoms with Gasteiger partial charge < -0.3 is 15.8 Å². The molecule has 2 aliphatic rings. The summed E-state index contributed by atoms with van der Waals surface area (Å²) in [6.45, 7) is 2.17. The number of nitrogens with one attached hydrogen (secondary N) is 1. The molecule has 3 N–H and O–H groups in total. The molecule has 3 rings (SSSR count). The molecular weight excluding hydrogens is 248 g/mol. The summed E-state index contributed by atoms with van der Waals surface area (Å²) in [6, 6.07) is 6.44. The van der Waals surface area contributed by atoms with Gasteiger partial charge in [-0.15, -0.1) is 12.4 Å². The van der Waals surface area contributed by atoms with Gasteiger partial charge >= 0.3 is 0 Å². The third-order valence-corrected chi connectivity index (χ3v) is 4.49. The molecule has 1 heterocycles. The number of fused-ring (bicyclic) bond motifs is 1. The van der Waals surface area contributed by atoms with Crippen molar-refractivity contribution in [2.75, 3.05) is 20.2 Å². The molecule has 4 heteroatoms. The van der Waals surface area contributed by atoms with Gasteiger partial charge in [0.1, 0.15) is 5.75 Å². The molecule has 1 aliphatic carbocycles. The molecule has 0 radical (unpaired) electrons. The molecule has 18 heavy (non-hydrogen) atoms. The molecule has 0 bridgehead atoms. The van der Waals surface area contributed by atoms with Gasteiger partial charge in [0.15, 0.2) is 0 Å². The predicted molar refractivity (Wildman–Crippen MR) is 75.4 cm³/mol. The van der Waals surface area contributed by atoms with Gasteiger partial charge in [-0.1, -0.05) is 12.1 Å². The Bertz CT molecular complexity index is 430. The van der Waals surface area contributed by atoms with Gasteiger partial charge in [0, 0.05) is 11.6 Å². The molecule has 0 aromatic heterocycles. The highest BCUT2D eigenvalue weighted by Gasteiger charge is 2.45. The molecule has 0 amide bonds. The number of nitrogens with two attached hydrogens (primary N) is 1. The second kappa shape index (κ2) is 5.08. The summed E-state index contributed by atoms with van der Waals surface area (Å²) >= 11 is 0. The summed E-state index contributed by atoms with van der Waals surface area (Å²) in [5.74, 6) is 0.963. The third kappa shape index (κ3) is 1.91. The molecule has 1 spiro atoms. The zero-order valence-electron chi connectivity index (χ0n) is 10.7. The predicted octanol–water partition coefficient (Wildman–Crippen LogP) is 2.04. The van der Waals surface area contributed by atoms with Crippen molar-refractivity contribution < 1.29 is 4.74 Å². The molecule has 1 aromatic carbocycles. The lowest BCUT2D eigenvalue weighted by Gasteiger charge is -2.37. The quantitative estimate of drug-likeness (QED) is 0.820. The van der Waals surface area contributed by atoms with Crippen LogP contribution in [0.1, 0.15) is 30.0 Å². The van der Waals surface area contributed by atoms with Crippen LogP contribution in [0.25, 0.3) is 0 Å². The van der Waals surface area contributed by atoms with E-state index >= 15 is 0 Å². The maximum absolute atomic E-state index is 6.52. The normalized spacial score (nSPS) is 24.4. The molecule has 1 aliphatic heterocycles. The number of rotatable bonds is 1. The standard InChI is InChI=1S/C14H20N2O.ClH/c1-17-11-4-2-3-10-9-14(13(15)12(10)11)5-7-16-8-6-14;/h2-4,13,16H,5-9,15H2,1H3;1H. The fourth-order valence-electron chi connectivity index (χ4n) is 3.48. The zero-order chi connectivity index (χ0) is 11.9. The van der Waals surface area contributed by atoms with Crippen LogP contribution in [0.5, 0.6) is 5.75 Å². The summed E-state index contributed by atoms with van der Waals surface area (Å²) in [5, 5.41) is 3.43. The second-order valence-corrected chi connectivity index (χ2v) is 5.30. The van der Waals surface area contributed by atoms with Crippen LogP contribution < -0.4 is 15.8 Å². The SMILES string of the molecule is COc1cccc2c1C(N)C1(CCNCC1)C2.Cl.